The van der Waals surface area contributed by atoms with Crippen LogP contribution in [0.2, 0.25) is 0 Å². The normalized spacial score (nSPS) is 12.2. The molecule has 1 aromatic rings. The molecule has 17 heavy (non-hydrogen) atoms. The molecule has 1 rings (SSSR count). The number of aliphatic hydroxyl groups is 1. The molecule has 0 saturated carbocycles. The number of hydrogen-bond donors (Lipinski definition) is 2. The fourth-order valence-electron chi connectivity index (χ4n) is 1.52. The number of nitrogens with one attached hydrogen (secondary N) is 1. The van der Waals surface area contributed by atoms with Crippen LogP contribution in [-0.2, 0) is 11.2 Å². The summed E-state index contributed by atoms with van der Waals surface area (Å²) in [5.41, 5.74) is 2.41. The fraction of sp³-hybridized carbons (Fsp3) is 0.500. The molecule has 0 aliphatic rings. The Labute approximate surface area is 103 Å². The summed E-state index contributed by atoms with van der Waals surface area (Å²) in [7, 11) is 0. The van der Waals surface area contributed by atoms with Gasteiger partial charge in [0.25, 0.3) is 0 Å². The van der Waals surface area contributed by atoms with E-state index in [1.807, 2.05) is 6.92 Å². The van der Waals surface area contributed by atoms with Crippen LogP contribution in [0.3, 0.4) is 0 Å². The van der Waals surface area contributed by atoms with Crippen LogP contribution in [0, 0.1) is 6.92 Å². The first-order valence-electron chi connectivity index (χ1n) is 6.08. The topological polar surface area (TPSA) is 49.3 Å². The van der Waals surface area contributed by atoms with Gasteiger partial charge in [-0.1, -0.05) is 29.8 Å². The lowest BCUT2D eigenvalue weighted by Gasteiger charge is -2.06. The van der Waals surface area contributed by atoms with E-state index in [-0.39, 0.29) is 12.0 Å². The van der Waals surface area contributed by atoms with Crippen LogP contribution in [0.25, 0.3) is 0 Å². The molecule has 1 aromatic carbocycles. The van der Waals surface area contributed by atoms with Gasteiger partial charge < -0.3 is 10.4 Å². The third kappa shape index (κ3) is 6.07. The molecule has 1 unspecified atom stereocenters. The highest BCUT2D eigenvalue weighted by atomic mass is 16.3. The zero-order valence-electron chi connectivity index (χ0n) is 10.6. The largest absolute Gasteiger partial charge is 0.393 e. The van der Waals surface area contributed by atoms with Crippen LogP contribution in [0.5, 0.6) is 0 Å². The van der Waals surface area contributed by atoms with Crippen molar-refractivity contribution in [1.82, 2.24) is 5.32 Å². The number of benzene rings is 1. The number of carbonyl (C=O) groups is 1. The maximum Gasteiger partial charge on any atom is 0.220 e. The minimum atomic E-state index is -0.354. The SMILES string of the molecule is Cc1ccc(CCC(=O)NCCC(C)O)cc1. The molecule has 2 N–H and O–H groups in total. The van der Waals surface area contributed by atoms with E-state index in [2.05, 4.69) is 29.6 Å². The Bertz CT molecular complexity index is 344. The Morgan fingerprint density at radius 3 is 2.59 bits per heavy atom. The van der Waals surface area contributed by atoms with Gasteiger partial charge in [0.1, 0.15) is 0 Å². The molecule has 0 bridgehead atoms. The Balaban J connectivity index is 2.21. The summed E-state index contributed by atoms with van der Waals surface area (Å²) in [5, 5.41) is 11.8. The average Bonchev–Trinajstić information content (AvgIpc) is 2.28. The van der Waals surface area contributed by atoms with Gasteiger partial charge in [-0.15, -0.1) is 0 Å². The second kappa shape index (κ2) is 7.07. The van der Waals surface area contributed by atoms with Gasteiger partial charge in [-0.2, -0.15) is 0 Å². The van der Waals surface area contributed by atoms with E-state index < -0.39 is 0 Å². The molecule has 0 radical (unpaired) electrons. The van der Waals surface area contributed by atoms with E-state index in [0.717, 1.165) is 6.42 Å². The van der Waals surface area contributed by atoms with Gasteiger partial charge in [-0.05, 0) is 32.3 Å². The Kier molecular flexibility index (Phi) is 5.70. The van der Waals surface area contributed by atoms with E-state index in [1.165, 1.54) is 11.1 Å². The zero-order valence-corrected chi connectivity index (χ0v) is 10.6. The summed E-state index contributed by atoms with van der Waals surface area (Å²) in [6.45, 7) is 4.31. The predicted octanol–water partition coefficient (Wildman–Crippen LogP) is 1.81. The van der Waals surface area contributed by atoms with Gasteiger partial charge in [0.2, 0.25) is 5.91 Å². The number of aliphatic hydroxyl groups excluding tert-OH is 1. The maximum absolute atomic E-state index is 11.5. The molecule has 0 saturated heterocycles. The van der Waals surface area contributed by atoms with Crippen molar-refractivity contribution in [3.8, 4) is 0 Å². The molecule has 1 atom stereocenters. The van der Waals surface area contributed by atoms with Crippen molar-refractivity contribution in [1.29, 1.82) is 0 Å². The number of aryl methyl sites for hydroxylation is 2. The Morgan fingerprint density at radius 1 is 1.35 bits per heavy atom. The summed E-state index contributed by atoms with van der Waals surface area (Å²) in [5.74, 6) is 0.0474. The first-order chi connectivity index (χ1) is 8.08. The first-order valence-corrected chi connectivity index (χ1v) is 6.08. The lowest BCUT2D eigenvalue weighted by atomic mass is 10.1. The molecular formula is C14H21NO2. The lowest BCUT2D eigenvalue weighted by Crippen LogP contribution is -2.26. The van der Waals surface area contributed by atoms with Crippen LogP contribution in [0.4, 0.5) is 0 Å². The van der Waals surface area contributed by atoms with Crippen molar-refractivity contribution in [2.24, 2.45) is 0 Å². The molecule has 0 fully saturated rings. The monoisotopic (exact) mass is 235 g/mol. The van der Waals surface area contributed by atoms with Crippen LogP contribution in [0.15, 0.2) is 24.3 Å². The molecule has 3 heteroatoms. The summed E-state index contributed by atoms with van der Waals surface area (Å²) < 4.78 is 0. The van der Waals surface area contributed by atoms with Crippen LogP contribution < -0.4 is 5.32 Å². The fourth-order valence-corrected chi connectivity index (χ4v) is 1.52. The first kappa shape index (κ1) is 13.7. The summed E-state index contributed by atoms with van der Waals surface area (Å²) >= 11 is 0. The van der Waals surface area contributed by atoms with Crippen LogP contribution in [0.1, 0.15) is 30.9 Å². The number of hydrogen-bond acceptors (Lipinski definition) is 2. The quantitative estimate of drug-likeness (QED) is 0.790. The van der Waals surface area contributed by atoms with Crippen molar-refractivity contribution in [3.05, 3.63) is 35.4 Å². The number of amides is 1. The smallest absolute Gasteiger partial charge is 0.220 e. The molecular weight excluding hydrogens is 214 g/mol. The highest BCUT2D eigenvalue weighted by Gasteiger charge is 2.02. The summed E-state index contributed by atoms with van der Waals surface area (Å²) in [4.78, 5) is 11.5. The van der Waals surface area contributed by atoms with Gasteiger partial charge in [-0.3, -0.25) is 4.79 Å². The average molecular weight is 235 g/mol. The van der Waals surface area contributed by atoms with Crippen molar-refractivity contribution >= 4 is 5.91 Å². The molecule has 0 heterocycles. The molecule has 0 aromatic heterocycles. The Hall–Kier alpha value is -1.35. The van der Waals surface area contributed by atoms with Crippen molar-refractivity contribution in [3.63, 3.8) is 0 Å². The van der Waals surface area contributed by atoms with E-state index in [1.54, 1.807) is 6.92 Å². The minimum absolute atomic E-state index is 0.0474. The van der Waals surface area contributed by atoms with Gasteiger partial charge in [0, 0.05) is 13.0 Å². The van der Waals surface area contributed by atoms with E-state index in [0.29, 0.717) is 19.4 Å². The second-order valence-electron chi connectivity index (χ2n) is 4.47. The van der Waals surface area contributed by atoms with Crippen LogP contribution in [-0.4, -0.2) is 23.7 Å². The summed E-state index contributed by atoms with van der Waals surface area (Å²) in [6.07, 6.45) is 1.52. The van der Waals surface area contributed by atoms with Gasteiger partial charge >= 0.3 is 0 Å². The Morgan fingerprint density at radius 2 is 2.00 bits per heavy atom. The van der Waals surface area contributed by atoms with Gasteiger partial charge in [0.15, 0.2) is 0 Å². The number of carbonyl (C=O) groups excluding carboxylic acids is 1. The van der Waals surface area contributed by atoms with E-state index in [4.69, 9.17) is 5.11 Å². The minimum Gasteiger partial charge on any atom is -0.393 e. The number of rotatable bonds is 6. The van der Waals surface area contributed by atoms with E-state index >= 15 is 0 Å². The zero-order chi connectivity index (χ0) is 12.7. The van der Waals surface area contributed by atoms with Crippen molar-refractivity contribution in [2.45, 2.75) is 39.2 Å². The molecule has 0 aliphatic carbocycles. The molecule has 0 spiro atoms. The summed E-state index contributed by atoms with van der Waals surface area (Å²) in [6, 6.07) is 8.22. The highest BCUT2D eigenvalue weighted by Crippen LogP contribution is 2.05. The molecule has 0 aliphatic heterocycles. The highest BCUT2D eigenvalue weighted by molar-refractivity contribution is 5.76. The standard InChI is InChI=1S/C14H21NO2/c1-11-3-5-13(6-4-11)7-8-14(17)15-10-9-12(2)16/h3-6,12,16H,7-10H2,1-2H3,(H,15,17). The third-order valence-electron chi connectivity index (χ3n) is 2.65. The van der Waals surface area contributed by atoms with Crippen LogP contribution >= 0.6 is 0 Å². The molecule has 1 amide bonds. The molecule has 94 valence electrons. The van der Waals surface area contributed by atoms with E-state index in [9.17, 15) is 4.79 Å². The maximum atomic E-state index is 11.5. The lowest BCUT2D eigenvalue weighted by molar-refractivity contribution is -0.121. The van der Waals surface area contributed by atoms with Crippen molar-refractivity contribution in [2.75, 3.05) is 6.54 Å². The van der Waals surface area contributed by atoms with Gasteiger partial charge in [0.05, 0.1) is 6.10 Å². The predicted molar refractivity (Wildman–Crippen MR) is 68.8 cm³/mol. The van der Waals surface area contributed by atoms with Crippen molar-refractivity contribution < 1.29 is 9.90 Å². The molecule has 3 nitrogen and oxygen atoms in total. The second-order valence-corrected chi connectivity index (χ2v) is 4.47. The van der Waals surface area contributed by atoms with Gasteiger partial charge in [-0.25, -0.2) is 0 Å². The third-order valence-corrected chi connectivity index (χ3v) is 2.65.